The first kappa shape index (κ1) is 21.8. The van der Waals surface area contributed by atoms with Crippen LogP contribution in [-0.4, -0.2) is 35.5 Å². The lowest BCUT2D eigenvalue weighted by Gasteiger charge is -2.32. The molecule has 4 rings (SSSR count). The monoisotopic (exact) mass is 438 g/mol. The summed E-state index contributed by atoms with van der Waals surface area (Å²) >= 11 is 6.11. The minimum atomic E-state index is -0.0352. The fourth-order valence-corrected chi connectivity index (χ4v) is 4.55. The van der Waals surface area contributed by atoms with Crippen LogP contribution in [0.4, 0.5) is 0 Å². The molecule has 0 bridgehead atoms. The molecule has 3 aromatic rings. The normalized spacial score (nSPS) is 15.5. The Bertz CT molecular complexity index is 1090. The van der Waals surface area contributed by atoms with Crippen molar-refractivity contribution in [3.8, 4) is 5.75 Å². The van der Waals surface area contributed by atoms with Crippen molar-refractivity contribution in [3.05, 3.63) is 64.3 Å². The number of rotatable bonds is 4. The Morgan fingerprint density at radius 3 is 2.58 bits per heavy atom. The summed E-state index contributed by atoms with van der Waals surface area (Å²) in [5, 5.41) is 1.89. The van der Waals surface area contributed by atoms with Gasteiger partial charge in [-0.25, -0.2) is 0 Å². The average Bonchev–Trinajstić information content (AvgIpc) is 3.15. The molecule has 0 aliphatic carbocycles. The Morgan fingerprint density at radius 2 is 1.87 bits per heavy atom. The van der Waals surface area contributed by atoms with Crippen molar-refractivity contribution in [2.75, 3.05) is 19.7 Å². The minimum absolute atomic E-state index is 0.0352. The number of carbonyl (C=O) groups excluding carboxylic acids is 1. The van der Waals surface area contributed by atoms with E-state index in [0.29, 0.717) is 5.92 Å². The molecule has 1 amide bonds. The predicted octanol–water partition coefficient (Wildman–Crippen LogP) is 6.21. The molecule has 1 aliphatic heterocycles. The summed E-state index contributed by atoms with van der Waals surface area (Å²) in [6.45, 7) is 10.2. The lowest BCUT2D eigenvalue weighted by molar-refractivity contribution is -0.134. The highest BCUT2D eigenvalue weighted by molar-refractivity contribution is 6.31. The molecular formula is C26H31ClN2O2. The van der Waals surface area contributed by atoms with Crippen LogP contribution in [0.5, 0.6) is 5.75 Å². The second-order valence-electron chi connectivity index (χ2n) is 9.65. The first-order valence-corrected chi connectivity index (χ1v) is 11.4. The van der Waals surface area contributed by atoms with Crippen molar-refractivity contribution in [3.63, 3.8) is 0 Å². The number of carbonyl (C=O) groups is 1. The van der Waals surface area contributed by atoms with E-state index >= 15 is 0 Å². The van der Waals surface area contributed by atoms with Gasteiger partial charge in [-0.2, -0.15) is 0 Å². The van der Waals surface area contributed by atoms with Gasteiger partial charge >= 0.3 is 0 Å². The maximum atomic E-state index is 12.8. The third-order valence-corrected chi connectivity index (χ3v) is 6.42. The number of halogens is 1. The van der Waals surface area contributed by atoms with Crippen molar-refractivity contribution in [2.45, 2.75) is 51.9 Å². The predicted molar refractivity (Wildman–Crippen MR) is 127 cm³/mol. The Kier molecular flexibility index (Phi) is 6.02. The van der Waals surface area contributed by atoms with Crippen LogP contribution < -0.4 is 4.74 Å². The zero-order valence-electron chi connectivity index (χ0n) is 18.8. The largest absolute Gasteiger partial charge is 0.483 e. The molecule has 1 fully saturated rings. The maximum Gasteiger partial charge on any atom is 0.260 e. The number of nitrogens with one attached hydrogen (secondary N) is 1. The van der Waals surface area contributed by atoms with Gasteiger partial charge in [0.1, 0.15) is 5.75 Å². The Morgan fingerprint density at radius 1 is 1.13 bits per heavy atom. The van der Waals surface area contributed by atoms with Gasteiger partial charge in [0.15, 0.2) is 6.61 Å². The van der Waals surface area contributed by atoms with E-state index in [1.165, 1.54) is 11.3 Å². The van der Waals surface area contributed by atoms with Gasteiger partial charge in [0.05, 0.1) is 0 Å². The molecule has 2 aromatic carbocycles. The van der Waals surface area contributed by atoms with E-state index in [1.54, 1.807) is 0 Å². The van der Waals surface area contributed by atoms with Crippen LogP contribution in [0.25, 0.3) is 10.9 Å². The van der Waals surface area contributed by atoms with Crippen LogP contribution in [0.2, 0.25) is 5.02 Å². The topological polar surface area (TPSA) is 45.3 Å². The quantitative estimate of drug-likeness (QED) is 0.526. The lowest BCUT2D eigenvalue weighted by atomic mass is 9.85. The standard InChI is InChI=1S/C26H31ClN2O2/c1-17-5-8-24(21(13-17)26(2,3)4)31-16-25(30)29-11-9-18(10-12-29)23-15-19-14-20(27)6-7-22(19)28-23/h5-8,13-15,18,28H,9-12,16H2,1-4H3. The fourth-order valence-electron chi connectivity index (χ4n) is 4.37. The van der Waals surface area contributed by atoms with Crippen molar-refractivity contribution >= 4 is 28.4 Å². The van der Waals surface area contributed by atoms with Crippen molar-refractivity contribution in [2.24, 2.45) is 0 Å². The van der Waals surface area contributed by atoms with Gasteiger partial charge < -0.3 is 14.6 Å². The maximum absolute atomic E-state index is 12.8. The van der Waals surface area contributed by atoms with E-state index in [9.17, 15) is 4.79 Å². The number of benzene rings is 2. The molecule has 4 nitrogen and oxygen atoms in total. The SMILES string of the molecule is Cc1ccc(OCC(=O)N2CCC(c3cc4cc(Cl)ccc4[nH]3)CC2)c(C(C)(C)C)c1. The Balaban J connectivity index is 1.35. The number of hydrogen-bond acceptors (Lipinski definition) is 2. The summed E-state index contributed by atoms with van der Waals surface area (Å²) < 4.78 is 5.99. The molecule has 1 N–H and O–H groups in total. The molecule has 0 atom stereocenters. The zero-order chi connectivity index (χ0) is 22.2. The molecule has 1 saturated heterocycles. The number of piperidine rings is 1. The summed E-state index contributed by atoms with van der Waals surface area (Å²) in [5.74, 6) is 1.29. The molecular weight excluding hydrogens is 408 g/mol. The van der Waals surface area contributed by atoms with Gasteiger partial charge in [-0.1, -0.05) is 50.1 Å². The number of aromatic nitrogens is 1. The van der Waals surface area contributed by atoms with E-state index in [0.717, 1.165) is 53.2 Å². The van der Waals surface area contributed by atoms with Crippen LogP contribution >= 0.6 is 11.6 Å². The second-order valence-corrected chi connectivity index (χ2v) is 10.1. The van der Waals surface area contributed by atoms with Gasteiger partial charge in [0.2, 0.25) is 0 Å². The molecule has 31 heavy (non-hydrogen) atoms. The smallest absolute Gasteiger partial charge is 0.260 e. The summed E-state index contributed by atoms with van der Waals surface area (Å²) in [6, 6.07) is 14.3. The Hall–Kier alpha value is -2.46. The van der Waals surface area contributed by atoms with Crippen molar-refractivity contribution < 1.29 is 9.53 Å². The van der Waals surface area contributed by atoms with Gasteiger partial charge in [0, 0.05) is 40.6 Å². The molecule has 0 unspecified atom stereocenters. The van der Waals surface area contributed by atoms with Gasteiger partial charge in [-0.05, 0) is 61.1 Å². The highest BCUT2D eigenvalue weighted by Gasteiger charge is 2.26. The third-order valence-electron chi connectivity index (χ3n) is 6.19. The number of aromatic amines is 1. The molecule has 164 valence electrons. The van der Waals surface area contributed by atoms with Crippen molar-refractivity contribution in [1.29, 1.82) is 0 Å². The van der Waals surface area contributed by atoms with E-state index in [2.05, 4.69) is 44.8 Å². The summed E-state index contributed by atoms with van der Waals surface area (Å²) in [4.78, 5) is 18.3. The van der Waals surface area contributed by atoms with Crippen LogP contribution in [-0.2, 0) is 10.2 Å². The number of aryl methyl sites for hydroxylation is 1. The van der Waals surface area contributed by atoms with Crippen LogP contribution in [0.1, 0.15) is 56.4 Å². The van der Waals surface area contributed by atoms with Gasteiger partial charge in [0.25, 0.3) is 5.91 Å². The molecule has 1 aromatic heterocycles. The van der Waals surface area contributed by atoms with Crippen LogP contribution in [0.3, 0.4) is 0 Å². The van der Waals surface area contributed by atoms with Crippen LogP contribution in [0.15, 0.2) is 42.5 Å². The number of ether oxygens (including phenoxy) is 1. The molecule has 1 aliphatic rings. The molecule has 5 heteroatoms. The van der Waals surface area contributed by atoms with E-state index in [-0.39, 0.29) is 17.9 Å². The molecule has 0 saturated carbocycles. The number of fused-ring (bicyclic) bond motifs is 1. The van der Waals surface area contributed by atoms with Gasteiger partial charge in [-0.3, -0.25) is 4.79 Å². The second kappa shape index (κ2) is 8.58. The molecule has 0 spiro atoms. The highest BCUT2D eigenvalue weighted by atomic mass is 35.5. The lowest BCUT2D eigenvalue weighted by Crippen LogP contribution is -2.40. The summed E-state index contributed by atoms with van der Waals surface area (Å²) in [5.41, 5.74) is 4.64. The van der Waals surface area contributed by atoms with E-state index < -0.39 is 0 Å². The number of likely N-dealkylation sites (tertiary alicyclic amines) is 1. The first-order chi connectivity index (χ1) is 14.7. The van der Waals surface area contributed by atoms with E-state index in [1.807, 2.05) is 35.2 Å². The number of hydrogen-bond donors (Lipinski definition) is 1. The number of nitrogens with zero attached hydrogens (tertiary/aromatic N) is 1. The highest BCUT2D eigenvalue weighted by Crippen LogP contribution is 2.33. The van der Waals surface area contributed by atoms with E-state index in [4.69, 9.17) is 16.3 Å². The third kappa shape index (κ3) is 4.90. The number of amides is 1. The number of H-pyrrole nitrogens is 1. The first-order valence-electron chi connectivity index (χ1n) is 11.0. The zero-order valence-corrected chi connectivity index (χ0v) is 19.6. The summed E-state index contributed by atoms with van der Waals surface area (Å²) in [7, 11) is 0. The molecule has 0 radical (unpaired) electrons. The van der Waals surface area contributed by atoms with Crippen molar-refractivity contribution in [1.82, 2.24) is 9.88 Å². The molecule has 2 heterocycles. The van der Waals surface area contributed by atoms with Crippen LogP contribution in [0, 0.1) is 6.92 Å². The Labute approximate surface area is 189 Å². The van der Waals surface area contributed by atoms with Gasteiger partial charge in [-0.15, -0.1) is 0 Å². The minimum Gasteiger partial charge on any atom is -0.483 e. The average molecular weight is 439 g/mol. The fraction of sp³-hybridized carbons (Fsp3) is 0.423. The summed E-state index contributed by atoms with van der Waals surface area (Å²) in [6.07, 6.45) is 1.90.